The maximum absolute atomic E-state index is 13.4. The highest BCUT2D eigenvalue weighted by Gasteiger charge is 2.29. The molecule has 0 aromatic heterocycles. The minimum absolute atomic E-state index is 0.145. The molecule has 0 radical (unpaired) electrons. The summed E-state index contributed by atoms with van der Waals surface area (Å²) in [7, 11) is -3.85. The van der Waals surface area contributed by atoms with E-state index in [2.05, 4.69) is 0 Å². The highest BCUT2D eigenvalue weighted by molar-refractivity contribution is 7.92. The lowest BCUT2D eigenvalue weighted by atomic mass is 10.1. The normalized spacial score (nSPS) is 14.8. The van der Waals surface area contributed by atoms with Crippen LogP contribution in [0.2, 0.25) is 0 Å². The molecular weight excluding hydrogens is 372 g/mol. The maximum Gasteiger partial charge on any atom is 0.264 e. The van der Waals surface area contributed by atoms with Crippen LogP contribution in [0.3, 0.4) is 0 Å². The van der Waals surface area contributed by atoms with Crippen molar-refractivity contribution >= 4 is 21.6 Å². The van der Waals surface area contributed by atoms with Gasteiger partial charge in [0.05, 0.1) is 10.6 Å². The van der Waals surface area contributed by atoms with Crippen LogP contribution in [0.25, 0.3) is 0 Å². The lowest BCUT2D eigenvalue weighted by molar-refractivity contribution is -0.130. The molecule has 1 aliphatic heterocycles. The van der Waals surface area contributed by atoms with Gasteiger partial charge in [-0.1, -0.05) is 23.8 Å². The summed E-state index contributed by atoms with van der Waals surface area (Å²) in [5, 5.41) is 0. The molecule has 5 nitrogen and oxygen atoms in total. The summed E-state index contributed by atoms with van der Waals surface area (Å²) in [5.41, 5.74) is 3.58. The number of hydrogen-bond acceptors (Lipinski definition) is 3. The van der Waals surface area contributed by atoms with Crippen LogP contribution in [0, 0.1) is 20.8 Å². The van der Waals surface area contributed by atoms with Gasteiger partial charge in [0, 0.05) is 13.1 Å². The third-order valence-electron chi connectivity index (χ3n) is 5.38. The predicted octanol–water partition coefficient (Wildman–Crippen LogP) is 3.82. The summed E-state index contributed by atoms with van der Waals surface area (Å²) in [4.78, 5) is 14.9. The average molecular weight is 401 g/mol. The van der Waals surface area contributed by atoms with Crippen molar-refractivity contribution < 1.29 is 13.2 Å². The Kier molecular flexibility index (Phi) is 6.08. The molecule has 2 aromatic rings. The molecule has 0 spiro atoms. The van der Waals surface area contributed by atoms with Crippen molar-refractivity contribution in [1.29, 1.82) is 0 Å². The van der Waals surface area contributed by atoms with Gasteiger partial charge in [-0.05, 0) is 75.4 Å². The number of benzene rings is 2. The third-order valence-corrected chi connectivity index (χ3v) is 7.16. The first-order valence-electron chi connectivity index (χ1n) is 9.73. The summed E-state index contributed by atoms with van der Waals surface area (Å²) in [6.45, 7) is 7.06. The molecule has 2 aromatic carbocycles. The number of aryl methyl sites for hydroxylation is 3. The lowest BCUT2D eigenvalue weighted by Crippen LogP contribution is -2.44. The van der Waals surface area contributed by atoms with Gasteiger partial charge in [-0.3, -0.25) is 9.10 Å². The Morgan fingerprint density at radius 3 is 2.18 bits per heavy atom. The van der Waals surface area contributed by atoms with Gasteiger partial charge in [-0.25, -0.2) is 8.42 Å². The summed E-state index contributed by atoms with van der Waals surface area (Å²) in [6.07, 6.45) is 3.06. The van der Waals surface area contributed by atoms with E-state index in [1.807, 2.05) is 32.9 Å². The van der Waals surface area contributed by atoms with Gasteiger partial charge >= 0.3 is 0 Å². The van der Waals surface area contributed by atoms with E-state index in [1.54, 1.807) is 35.2 Å². The molecule has 6 heteroatoms. The van der Waals surface area contributed by atoms with E-state index in [4.69, 9.17) is 0 Å². The highest BCUT2D eigenvalue weighted by atomic mass is 32.2. The second kappa shape index (κ2) is 8.35. The fourth-order valence-corrected chi connectivity index (χ4v) is 4.81. The third kappa shape index (κ3) is 4.38. The van der Waals surface area contributed by atoms with Crippen molar-refractivity contribution in [2.45, 2.75) is 44.9 Å². The Morgan fingerprint density at radius 2 is 1.57 bits per heavy atom. The van der Waals surface area contributed by atoms with Crippen molar-refractivity contribution in [3.05, 3.63) is 59.2 Å². The minimum atomic E-state index is -3.85. The smallest absolute Gasteiger partial charge is 0.264 e. The number of carbonyl (C=O) groups is 1. The average Bonchev–Trinajstić information content (AvgIpc) is 2.69. The van der Waals surface area contributed by atoms with Crippen LogP contribution in [0.1, 0.15) is 36.0 Å². The van der Waals surface area contributed by atoms with Gasteiger partial charge in [0.1, 0.15) is 6.54 Å². The largest absolute Gasteiger partial charge is 0.341 e. The van der Waals surface area contributed by atoms with Crippen LogP contribution in [0.15, 0.2) is 47.4 Å². The summed E-state index contributed by atoms with van der Waals surface area (Å²) >= 11 is 0. The quantitative estimate of drug-likeness (QED) is 0.767. The fourth-order valence-electron chi connectivity index (χ4n) is 3.40. The van der Waals surface area contributed by atoms with Gasteiger partial charge in [0.25, 0.3) is 10.0 Å². The monoisotopic (exact) mass is 400 g/mol. The number of hydrogen-bond donors (Lipinski definition) is 0. The number of anilines is 1. The molecule has 0 atom stereocenters. The summed E-state index contributed by atoms with van der Waals surface area (Å²) in [5.74, 6) is -0.145. The first-order chi connectivity index (χ1) is 13.3. The molecule has 3 rings (SSSR count). The highest BCUT2D eigenvalue weighted by Crippen LogP contribution is 2.26. The zero-order chi connectivity index (χ0) is 20.3. The number of sulfonamides is 1. The topological polar surface area (TPSA) is 57.7 Å². The van der Waals surface area contributed by atoms with Crippen molar-refractivity contribution in [2.75, 3.05) is 23.9 Å². The summed E-state index contributed by atoms with van der Waals surface area (Å²) < 4.78 is 28.1. The van der Waals surface area contributed by atoms with E-state index in [0.717, 1.165) is 36.0 Å². The van der Waals surface area contributed by atoms with Gasteiger partial charge in [-0.15, -0.1) is 0 Å². The molecule has 1 fully saturated rings. The van der Waals surface area contributed by atoms with Crippen molar-refractivity contribution in [3.63, 3.8) is 0 Å². The molecule has 1 amide bonds. The first-order valence-corrected chi connectivity index (χ1v) is 11.2. The zero-order valence-corrected chi connectivity index (χ0v) is 17.6. The second-order valence-corrected chi connectivity index (χ2v) is 9.40. The molecule has 1 saturated heterocycles. The summed E-state index contributed by atoms with van der Waals surface area (Å²) in [6, 6.07) is 12.3. The van der Waals surface area contributed by atoms with Crippen LogP contribution in [0.4, 0.5) is 5.69 Å². The number of likely N-dealkylation sites (tertiary alicyclic amines) is 1. The van der Waals surface area contributed by atoms with E-state index in [-0.39, 0.29) is 17.3 Å². The van der Waals surface area contributed by atoms with Crippen LogP contribution < -0.4 is 4.31 Å². The molecule has 0 saturated carbocycles. The molecule has 1 heterocycles. The molecule has 150 valence electrons. The number of piperidine rings is 1. The molecule has 0 aliphatic carbocycles. The number of amides is 1. The Balaban J connectivity index is 1.99. The molecule has 0 N–H and O–H groups in total. The Hall–Kier alpha value is -2.34. The van der Waals surface area contributed by atoms with E-state index in [9.17, 15) is 13.2 Å². The molecule has 1 aliphatic rings. The van der Waals surface area contributed by atoms with Gasteiger partial charge in [-0.2, -0.15) is 0 Å². The van der Waals surface area contributed by atoms with Gasteiger partial charge in [0.15, 0.2) is 0 Å². The first kappa shape index (κ1) is 20.4. The second-order valence-electron chi connectivity index (χ2n) is 7.53. The van der Waals surface area contributed by atoms with Crippen molar-refractivity contribution in [3.8, 4) is 0 Å². The number of carbonyl (C=O) groups excluding carboxylic acids is 1. The molecular formula is C22H28N2O3S. The van der Waals surface area contributed by atoms with Crippen LogP contribution >= 0.6 is 0 Å². The standard InChI is InChI=1S/C22H28N2O3S/c1-17-7-11-21(12-8-17)28(26,27)24(20-10-9-18(2)19(3)15-20)16-22(25)23-13-5-4-6-14-23/h7-12,15H,4-6,13-14,16H2,1-3H3. The minimum Gasteiger partial charge on any atom is -0.341 e. The van der Waals surface area contributed by atoms with E-state index in [1.165, 1.54) is 4.31 Å². The Labute approximate surface area is 168 Å². The zero-order valence-electron chi connectivity index (χ0n) is 16.8. The van der Waals surface area contributed by atoms with Gasteiger partial charge in [0.2, 0.25) is 5.91 Å². The Morgan fingerprint density at radius 1 is 0.929 bits per heavy atom. The lowest BCUT2D eigenvalue weighted by Gasteiger charge is -2.31. The van der Waals surface area contributed by atoms with Crippen LogP contribution in [-0.4, -0.2) is 38.9 Å². The van der Waals surface area contributed by atoms with E-state index >= 15 is 0 Å². The molecule has 0 bridgehead atoms. The van der Waals surface area contributed by atoms with E-state index in [0.29, 0.717) is 18.8 Å². The Bertz CT molecular complexity index is 946. The predicted molar refractivity (Wildman–Crippen MR) is 112 cm³/mol. The van der Waals surface area contributed by atoms with Crippen LogP contribution in [-0.2, 0) is 14.8 Å². The number of rotatable bonds is 5. The van der Waals surface area contributed by atoms with E-state index < -0.39 is 10.0 Å². The SMILES string of the molecule is Cc1ccc(S(=O)(=O)N(CC(=O)N2CCCCC2)c2ccc(C)c(C)c2)cc1. The van der Waals surface area contributed by atoms with Gasteiger partial charge < -0.3 is 4.90 Å². The molecule has 28 heavy (non-hydrogen) atoms. The van der Waals surface area contributed by atoms with Crippen LogP contribution in [0.5, 0.6) is 0 Å². The van der Waals surface area contributed by atoms with Crippen molar-refractivity contribution in [2.24, 2.45) is 0 Å². The molecule has 0 unspecified atom stereocenters. The number of nitrogens with zero attached hydrogens (tertiary/aromatic N) is 2. The maximum atomic E-state index is 13.4. The van der Waals surface area contributed by atoms with Crippen molar-refractivity contribution in [1.82, 2.24) is 4.90 Å². The fraction of sp³-hybridized carbons (Fsp3) is 0.409.